The number of nitrogens with zero attached hydrogens (tertiary/aromatic N) is 4. The third kappa shape index (κ3) is 10.4. The maximum atomic E-state index is 7.21. The van der Waals surface area contributed by atoms with Crippen LogP contribution in [0.2, 0.25) is 0 Å². The number of pyridine rings is 1. The van der Waals surface area contributed by atoms with Gasteiger partial charge in [0.1, 0.15) is 5.82 Å². The van der Waals surface area contributed by atoms with Crippen LogP contribution >= 0.6 is 0 Å². The zero-order valence-corrected chi connectivity index (χ0v) is 50.0. The summed E-state index contributed by atoms with van der Waals surface area (Å²) in [5.41, 5.74) is 12.8. The molecule has 77 heavy (non-hydrogen) atoms. The minimum atomic E-state index is -0.538. The first-order chi connectivity index (χ1) is 35.8. The van der Waals surface area contributed by atoms with Crippen molar-refractivity contribution < 1.29 is 30.4 Å². The van der Waals surface area contributed by atoms with Crippen molar-refractivity contribution in [1.29, 1.82) is 0 Å². The first-order valence-electron chi connectivity index (χ1n) is 27.0. The third-order valence-electron chi connectivity index (χ3n) is 15.9. The summed E-state index contributed by atoms with van der Waals surface area (Å²) < 4.78 is 14.1. The summed E-state index contributed by atoms with van der Waals surface area (Å²) in [5, 5.41) is 2.24. The van der Waals surface area contributed by atoms with Crippen LogP contribution in [0.25, 0.3) is 39.0 Å². The van der Waals surface area contributed by atoms with E-state index in [1.54, 1.807) is 0 Å². The van der Waals surface area contributed by atoms with Gasteiger partial charge in [-0.1, -0.05) is 225 Å². The fourth-order valence-corrected chi connectivity index (χ4v) is 10.9. The topological polar surface area (TPSA) is 35.9 Å². The van der Waals surface area contributed by atoms with Gasteiger partial charge in [0, 0.05) is 55.1 Å². The van der Waals surface area contributed by atoms with E-state index in [0.717, 1.165) is 55.9 Å². The van der Waals surface area contributed by atoms with Gasteiger partial charge in [0.05, 0.1) is 17.1 Å². The zero-order valence-electron chi connectivity index (χ0n) is 47.8. The number of hydrogen-bond donors (Lipinski definition) is 0. The van der Waals surface area contributed by atoms with Crippen LogP contribution in [-0.2, 0) is 53.6 Å². The predicted octanol–water partition coefficient (Wildman–Crippen LogP) is 17.3. The number of hydrogen-bond acceptors (Lipinski definition) is 2. The minimum Gasteiger partial charge on any atom is -0.510 e. The Morgan fingerprint density at radius 1 is 0.442 bits per heavy atom. The van der Waals surface area contributed by atoms with E-state index in [2.05, 4.69) is 306 Å². The monoisotopic (exact) mass is 1190 g/mol. The molecule has 3 heterocycles. The van der Waals surface area contributed by atoms with Crippen molar-refractivity contribution in [2.75, 3.05) is 0 Å². The molecule has 0 aliphatic rings. The van der Waals surface area contributed by atoms with Crippen molar-refractivity contribution in [2.24, 2.45) is 0 Å². The maximum Gasteiger partial charge on any atom is 0.267 e. The van der Waals surface area contributed by atoms with Crippen molar-refractivity contribution in [3.8, 4) is 28.7 Å². The Morgan fingerprint density at radius 3 is 1.58 bits per heavy atom. The van der Waals surface area contributed by atoms with E-state index in [1.165, 1.54) is 33.4 Å². The van der Waals surface area contributed by atoms with Gasteiger partial charge in [0.25, 0.3) is 6.33 Å². The van der Waals surface area contributed by atoms with Crippen LogP contribution in [0.1, 0.15) is 154 Å². The van der Waals surface area contributed by atoms with Crippen LogP contribution in [-0.4, -0.2) is 14.1 Å². The average molecular weight is 1190 g/mol. The van der Waals surface area contributed by atoms with E-state index in [0.29, 0.717) is 11.5 Å². The summed E-state index contributed by atoms with van der Waals surface area (Å²) >= 11 is 0. The van der Waals surface area contributed by atoms with Gasteiger partial charge in [0.15, 0.2) is 0 Å². The minimum absolute atomic E-state index is 0. The third-order valence-corrected chi connectivity index (χ3v) is 15.9. The van der Waals surface area contributed by atoms with E-state index in [1.807, 2.05) is 6.20 Å². The molecule has 7 aromatic carbocycles. The van der Waals surface area contributed by atoms with Crippen molar-refractivity contribution >= 4 is 21.8 Å². The summed E-state index contributed by atoms with van der Waals surface area (Å²) in [6.07, 6.45) is 5.97. The summed E-state index contributed by atoms with van der Waals surface area (Å²) in [6, 6.07) is 69.1. The smallest absolute Gasteiger partial charge is 0.267 e. The van der Waals surface area contributed by atoms with Crippen LogP contribution in [0.15, 0.2) is 176 Å². The summed E-state index contributed by atoms with van der Waals surface area (Å²) in [5.74, 6) is 2.00. The molecule has 0 atom stereocenters. The number of fused-ring (bicyclic) bond motifs is 3. The number of rotatable bonds is 11. The van der Waals surface area contributed by atoms with Crippen LogP contribution < -0.4 is 9.30 Å². The predicted molar refractivity (Wildman–Crippen MR) is 314 cm³/mol. The van der Waals surface area contributed by atoms with E-state index < -0.39 is 16.2 Å². The van der Waals surface area contributed by atoms with Crippen molar-refractivity contribution in [1.82, 2.24) is 14.1 Å². The molecule has 0 saturated carbocycles. The van der Waals surface area contributed by atoms with E-state index in [9.17, 15) is 0 Å². The van der Waals surface area contributed by atoms with Gasteiger partial charge < -0.3 is 13.9 Å². The molecule has 0 amide bonds. The molecule has 0 aliphatic heterocycles. The molecule has 5 nitrogen and oxygen atoms in total. The largest absolute Gasteiger partial charge is 0.510 e. The van der Waals surface area contributed by atoms with Crippen LogP contribution in [0.4, 0.5) is 0 Å². The van der Waals surface area contributed by atoms with Crippen molar-refractivity contribution in [3.05, 3.63) is 245 Å². The zero-order chi connectivity index (χ0) is 54.2. The fourth-order valence-electron chi connectivity index (χ4n) is 10.9. The molecular formula is C71H74N4OPt-2. The summed E-state index contributed by atoms with van der Waals surface area (Å²) in [7, 11) is 0. The van der Waals surface area contributed by atoms with Gasteiger partial charge in [-0.25, -0.2) is 4.98 Å². The Balaban J connectivity index is 0.00000722. The molecule has 10 aromatic rings. The Bertz CT molecular complexity index is 3750. The van der Waals surface area contributed by atoms with E-state index in [4.69, 9.17) is 9.72 Å². The fraction of sp³-hybridized carbons (Fsp3) is 0.296. The summed E-state index contributed by atoms with van der Waals surface area (Å²) in [6.45, 7) is 34.3. The van der Waals surface area contributed by atoms with Crippen molar-refractivity contribution in [3.63, 3.8) is 0 Å². The molecule has 0 radical (unpaired) electrons. The molecule has 396 valence electrons. The van der Waals surface area contributed by atoms with Gasteiger partial charge in [-0.2, -0.15) is 12.1 Å². The van der Waals surface area contributed by atoms with Gasteiger partial charge >= 0.3 is 0 Å². The second-order valence-corrected chi connectivity index (χ2v) is 25.5. The standard InChI is InChI=1S/C71H74N4O.Pt/c1-66(2,3)51-32-25-33-55(40-51)73-47-74(65(71(14,15)50-30-23-18-24-31-50)64(73)70(12,13)49-28-21-17-22-29-49)56-41-54(69(10,11)48-26-19-16-20-27-48)42-58(45-56)76-57-35-36-59-60-43-52(67(4,5)6)34-37-61(60)75(62(59)46-57)63-44-53(38-39-72-63)68(7,8)9;/h16-44H,1-15H3;/q-2;. The van der Waals surface area contributed by atoms with Gasteiger partial charge in [0.2, 0.25) is 0 Å². The molecule has 0 bridgehead atoms. The number of benzene rings is 7. The van der Waals surface area contributed by atoms with Gasteiger partial charge in [-0.3, -0.25) is 4.57 Å². The quantitative estimate of drug-likeness (QED) is 0.0956. The van der Waals surface area contributed by atoms with Gasteiger partial charge in [-0.15, -0.1) is 35.2 Å². The first-order valence-corrected chi connectivity index (χ1v) is 27.0. The Morgan fingerprint density at radius 2 is 0.987 bits per heavy atom. The SMILES string of the molecule is CC(C)(C)c1cccc(-[n+]2[c-]n(-c3[c-]c(Oc4[c-]c5c(cc4)c4cc(C(C)(C)C)ccc4n5-c4cc(C(C)(C)C)ccn4)cc(C(C)(C)c4ccccc4)c3)c(C(C)(C)c3ccccc3)c2C(C)(C)c2ccccc2)c1.[Pt]. The molecule has 0 aliphatic carbocycles. The van der Waals surface area contributed by atoms with Crippen LogP contribution in [0.3, 0.4) is 0 Å². The van der Waals surface area contributed by atoms with Gasteiger partial charge in [-0.05, 0) is 96.4 Å². The molecule has 0 N–H and O–H groups in total. The Hall–Kier alpha value is -6.81. The summed E-state index contributed by atoms with van der Waals surface area (Å²) in [4.78, 5) is 5.01. The van der Waals surface area contributed by atoms with Crippen molar-refractivity contribution in [2.45, 2.75) is 136 Å². The normalized spacial score (nSPS) is 12.8. The Kier molecular flexibility index (Phi) is 14.4. The molecule has 10 rings (SSSR count). The average Bonchev–Trinajstić information content (AvgIpc) is 4.02. The first kappa shape index (κ1) is 55.0. The number of imidazole rings is 1. The second kappa shape index (κ2) is 20.2. The molecule has 6 heteroatoms. The molecule has 0 unspecified atom stereocenters. The van der Waals surface area contributed by atoms with E-state index >= 15 is 0 Å². The molecule has 0 spiro atoms. The maximum absolute atomic E-state index is 7.21. The number of ether oxygens (including phenoxy) is 1. The second-order valence-electron chi connectivity index (χ2n) is 25.5. The Labute approximate surface area is 473 Å². The van der Waals surface area contributed by atoms with E-state index in [-0.39, 0.29) is 37.3 Å². The molecule has 0 saturated heterocycles. The van der Waals surface area contributed by atoms with Crippen LogP contribution in [0, 0.1) is 18.5 Å². The number of aromatic nitrogens is 4. The molecule has 3 aromatic heterocycles. The molecule has 0 fully saturated rings. The molecular weight excluding hydrogens is 1120 g/mol. The van der Waals surface area contributed by atoms with Crippen LogP contribution in [0.5, 0.6) is 11.5 Å².